The Labute approximate surface area is 139 Å². The van der Waals surface area contributed by atoms with E-state index in [0.717, 1.165) is 24.3 Å². The Bertz CT molecular complexity index is 436. The Morgan fingerprint density at radius 2 is 1.86 bits per heavy atom. The number of hydrogen-bond donors (Lipinski definition) is 2. The molecule has 1 unspecified atom stereocenters. The first-order valence-electron chi connectivity index (χ1n) is 7.33. The fraction of sp³-hybridized carbons (Fsp3) is 0.562. The maximum absolute atomic E-state index is 11.9. The molecule has 3 N–H and O–H groups in total. The lowest BCUT2D eigenvalue weighted by Gasteiger charge is -2.22. The van der Waals surface area contributed by atoms with Crippen molar-refractivity contribution < 1.29 is 14.3 Å². The lowest BCUT2D eigenvalue weighted by molar-refractivity contribution is -0.126. The number of methoxy groups -OCH3 is 1. The molecule has 0 spiro atoms. The van der Waals surface area contributed by atoms with E-state index in [1.165, 1.54) is 0 Å². The van der Waals surface area contributed by atoms with Crippen molar-refractivity contribution in [3.05, 3.63) is 24.3 Å². The number of benzene rings is 1. The summed E-state index contributed by atoms with van der Waals surface area (Å²) in [6, 6.07) is 7.41. The second kappa shape index (κ2) is 10.3. The van der Waals surface area contributed by atoms with Crippen LogP contribution in [0.2, 0.25) is 0 Å². The second-order valence-corrected chi connectivity index (χ2v) is 5.30. The zero-order valence-corrected chi connectivity index (χ0v) is 14.4. The molecular formula is C16H27ClN2O3. The molecule has 0 bridgehead atoms. The Morgan fingerprint density at radius 1 is 1.27 bits per heavy atom. The fourth-order valence-corrected chi connectivity index (χ4v) is 1.97. The van der Waals surface area contributed by atoms with Crippen LogP contribution in [0.1, 0.15) is 33.1 Å². The van der Waals surface area contributed by atoms with Gasteiger partial charge < -0.3 is 20.5 Å². The van der Waals surface area contributed by atoms with Crippen LogP contribution in [0.5, 0.6) is 11.5 Å². The number of hydrogen-bond acceptors (Lipinski definition) is 4. The van der Waals surface area contributed by atoms with Gasteiger partial charge in [-0.15, -0.1) is 12.4 Å². The second-order valence-electron chi connectivity index (χ2n) is 5.30. The molecule has 6 heteroatoms. The monoisotopic (exact) mass is 330 g/mol. The molecular weight excluding hydrogens is 304 g/mol. The summed E-state index contributed by atoms with van der Waals surface area (Å²) >= 11 is 0. The number of rotatable bonds is 9. The highest BCUT2D eigenvalue weighted by molar-refractivity contribution is 5.85. The van der Waals surface area contributed by atoms with E-state index in [1.807, 2.05) is 31.2 Å². The van der Waals surface area contributed by atoms with Gasteiger partial charge in [0.1, 0.15) is 11.5 Å². The van der Waals surface area contributed by atoms with Gasteiger partial charge in [0.2, 0.25) is 5.91 Å². The smallest absolute Gasteiger partial charge is 0.239 e. The number of carbonyl (C=O) groups excluding carboxylic acids is 1. The molecule has 0 saturated carbocycles. The van der Waals surface area contributed by atoms with Crippen LogP contribution in [0.3, 0.4) is 0 Å². The van der Waals surface area contributed by atoms with Gasteiger partial charge in [-0.1, -0.05) is 13.3 Å². The summed E-state index contributed by atoms with van der Waals surface area (Å²) in [6.07, 6.45) is 2.31. The van der Waals surface area contributed by atoms with Crippen molar-refractivity contribution in [3.63, 3.8) is 0 Å². The first-order valence-corrected chi connectivity index (χ1v) is 7.33. The van der Waals surface area contributed by atoms with Crippen molar-refractivity contribution in [2.45, 2.75) is 38.6 Å². The summed E-state index contributed by atoms with van der Waals surface area (Å²) in [7, 11) is 1.63. The van der Waals surface area contributed by atoms with Crippen LogP contribution in [0.25, 0.3) is 0 Å². The quantitative estimate of drug-likeness (QED) is 0.682. The number of carbonyl (C=O) groups is 1. The lowest BCUT2D eigenvalue weighted by Crippen LogP contribution is -2.51. The van der Waals surface area contributed by atoms with Gasteiger partial charge in [-0.25, -0.2) is 0 Å². The van der Waals surface area contributed by atoms with Gasteiger partial charge in [0.25, 0.3) is 0 Å². The summed E-state index contributed by atoms with van der Waals surface area (Å²) < 4.78 is 10.7. The van der Waals surface area contributed by atoms with Gasteiger partial charge in [0, 0.05) is 6.54 Å². The minimum absolute atomic E-state index is 0. The number of ether oxygens (including phenoxy) is 2. The van der Waals surface area contributed by atoms with Gasteiger partial charge in [-0.05, 0) is 44.0 Å². The van der Waals surface area contributed by atoms with Crippen LogP contribution < -0.4 is 20.5 Å². The van der Waals surface area contributed by atoms with E-state index in [4.69, 9.17) is 15.2 Å². The van der Waals surface area contributed by atoms with Gasteiger partial charge in [0.05, 0.1) is 19.3 Å². The van der Waals surface area contributed by atoms with Crippen LogP contribution in [-0.4, -0.2) is 31.7 Å². The molecule has 1 atom stereocenters. The highest BCUT2D eigenvalue weighted by Crippen LogP contribution is 2.17. The fourth-order valence-electron chi connectivity index (χ4n) is 1.97. The molecule has 0 radical (unpaired) electrons. The predicted molar refractivity (Wildman–Crippen MR) is 90.9 cm³/mol. The summed E-state index contributed by atoms with van der Waals surface area (Å²) in [5.41, 5.74) is 5.16. The van der Waals surface area contributed by atoms with E-state index in [1.54, 1.807) is 14.0 Å². The van der Waals surface area contributed by atoms with Crippen molar-refractivity contribution >= 4 is 18.3 Å². The third kappa shape index (κ3) is 7.00. The van der Waals surface area contributed by atoms with Crippen LogP contribution in [0, 0.1) is 0 Å². The first-order chi connectivity index (χ1) is 9.99. The normalized spacial score (nSPS) is 12.7. The van der Waals surface area contributed by atoms with Gasteiger partial charge >= 0.3 is 0 Å². The van der Waals surface area contributed by atoms with Gasteiger partial charge in [-0.3, -0.25) is 4.79 Å². The summed E-state index contributed by atoms with van der Waals surface area (Å²) in [5.74, 6) is 1.48. The van der Waals surface area contributed by atoms with Crippen molar-refractivity contribution in [1.29, 1.82) is 0 Å². The molecule has 1 rings (SSSR count). The SMILES string of the molecule is CCCC(C)(N)C(=O)NCCCOc1ccc(OC)cc1.Cl. The van der Waals surface area contributed by atoms with Crippen LogP contribution in [0.15, 0.2) is 24.3 Å². The number of nitrogens with two attached hydrogens (primary N) is 1. The minimum Gasteiger partial charge on any atom is -0.497 e. The van der Waals surface area contributed by atoms with Crippen molar-refractivity contribution in [1.82, 2.24) is 5.32 Å². The average Bonchev–Trinajstić information content (AvgIpc) is 2.47. The number of amides is 1. The molecule has 0 aromatic heterocycles. The topological polar surface area (TPSA) is 73.6 Å². The zero-order valence-electron chi connectivity index (χ0n) is 13.6. The lowest BCUT2D eigenvalue weighted by atomic mass is 9.96. The molecule has 5 nitrogen and oxygen atoms in total. The number of nitrogens with one attached hydrogen (secondary N) is 1. The first kappa shape index (κ1) is 20.5. The van der Waals surface area contributed by atoms with E-state index in [0.29, 0.717) is 19.6 Å². The number of halogens is 1. The van der Waals surface area contributed by atoms with Gasteiger partial charge in [0.15, 0.2) is 0 Å². The van der Waals surface area contributed by atoms with Crippen molar-refractivity contribution in [2.24, 2.45) is 5.73 Å². The van der Waals surface area contributed by atoms with Crippen LogP contribution in [0.4, 0.5) is 0 Å². The van der Waals surface area contributed by atoms with E-state index >= 15 is 0 Å². The standard InChI is InChI=1S/C16H26N2O3.ClH/c1-4-10-16(2,17)15(19)18-11-5-12-21-14-8-6-13(20-3)7-9-14;/h6-9H,4-5,10-12,17H2,1-3H3,(H,18,19);1H. The Hall–Kier alpha value is -1.46. The van der Waals surface area contributed by atoms with Gasteiger partial charge in [-0.2, -0.15) is 0 Å². The highest BCUT2D eigenvalue weighted by Gasteiger charge is 2.26. The minimum atomic E-state index is -0.786. The highest BCUT2D eigenvalue weighted by atomic mass is 35.5. The summed E-state index contributed by atoms with van der Waals surface area (Å²) in [5, 5.41) is 2.85. The Kier molecular flexibility index (Phi) is 9.61. The molecule has 1 aromatic carbocycles. The predicted octanol–water partition coefficient (Wildman–Crippen LogP) is 2.52. The largest absolute Gasteiger partial charge is 0.497 e. The Morgan fingerprint density at radius 3 is 2.41 bits per heavy atom. The molecule has 0 aliphatic carbocycles. The third-order valence-corrected chi connectivity index (χ3v) is 3.22. The molecule has 22 heavy (non-hydrogen) atoms. The maximum atomic E-state index is 11.9. The maximum Gasteiger partial charge on any atom is 0.239 e. The molecule has 126 valence electrons. The molecule has 0 heterocycles. The molecule has 0 saturated heterocycles. The molecule has 1 amide bonds. The van der Waals surface area contributed by atoms with E-state index in [-0.39, 0.29) is 18.3 Å². The van der Waals surface area contributed by atoms with E-state index < -0.39 is 5.54 Å². The summed E-state index contributed by atoms with van der Waals surface area (Å²) in [6.45, 7) is 4.88. The van der Waals surface area contributed by atoms with Crippen LogP contribution in [-0.2, 0) is 4.79 Å². The van der Waals surface area contributed by atoms with Crippen molar-refractivity contribution in [2.75, 3.05) is 20.3 Å². The molecule has 0 fully saturated rings. The molecule has 0 aliphatic heterocycles. The average molecular weight is 331 g/mol. The zero-order chi connectivity index (χ0) is 15.7. The third-order valence-electron chi connectivity index (χ3n) is 3.22. The van der Waals surface area contributed by atoms with E-state index in [2.05, 4.69) is 5.32 Å². The van der Waals surface area contributed by atoms with Crippen LogP contribution >= 0.6 is 12.4 Å². The van der Waals surface area contributed by atoms with Crippen molar-refractivity contribution in [3.8, 4) is 11.5 Å². The molecule has 1 aromatic rings. The summed E-state index contributed by atoms with van der Waals surface area (Å²) in [4.78, 5) is 11.9. The Balaban J connectivity index is 0.00000441. The molecule has 0 aliphatic rings. The van der Waals surface area contributed by atoms with E-state index in [9.17, 15) is 4.79 Å².